The summed E-state index contributed by atoms with van der Waals surface area (Å²) in [6.45, 7) is 4.09. The molecule has 0 spiro atoms. The highest BCUT2D eigenvalue weighted by Gasteiger charge is 2.31. The van der Waals surface area contributed by atoms with Crippen LogP contribution in [0.2, 0.25) is 0 Å². The van der Waals surface area contributed by atoms with E-state index in [2.05, 4.69) is 6.58 Å². The highest BCUT2D eigenvalue weighted by molar-refractivity contribution is 5.57. The summed E-state index contributed by atoms with van der Waals surface area (Å²) in [4.78, 5) is 0. The minimum atomic E-state index is -4.33. The Morgan fingerprint density at radius 2 is 2.06 bits per heavy atom. The fraction of sp³-hybridized carbons (Fsp3) is 0.385. The number of rotatable bonds is 4. The minimum Gasteiger partial charge on any atom is -0.493 e. The van der Waals surface area contributed by atoms with Crippen LogP contribution in [0.1, 0.15) is 24.0 Å². The number of hydrogen-bond acceptors (Lipinski definition) is 1. The van der Waals surface area contributed by atoms with Crippen molar-refractivity contribution in [1.82, 2.24) is 0 Å². The Morgan fingerprint density at radius 1 is 1.35 bits per heavy atom. The van der Waals surface area contributed by atoms with Crippen LogP contribution in [0.5, 0.6) is 5.75 Å². The van der Waals surface area contributed by atoms with Crippen LogP contribution in [-0.4, -0.2) is 6.61 Å². The summed E-state index contributed by atoms with van der Waals surface area (Å²) in [5, 5.41) is 0. The number of alkyl halides is 3. The predicted molar refractivity (Wildman–Crippen MR) is 59.8 cm³/mol. The summed E-state index contributed by atoms with van der Waals surface area (Å²) < 4.78 is 42.9. The minimum absolute atomic E-state index is 0.389. The molecule has 1 aromatic rings. The normalized spacial score (nSPS) is 15.7. The second-order valence-electron chi connectivity index (χ2n) is 4.21. The molecule has 0 saturated heterocycles. The van der Waals surface area contributed by atoms with Gasteiger partial charge in [-0.1, -0.05) is 12.7 Å². The molecule has 1 aliphatic carbocycles. The molecule has 4 heteroatoms. The van der Waals surface area contributed by atoms with Gasteiger partial charge in [0, 0.05) is 5.56 Å². The van der Waals surface area contributed by atoms with Gasteiger partial charge in [0.2, 0.25) is 0 Å². The van der Waals surface area contributed by atoms with E-state index in [4.69, 9.17) is 4.74 Å². The summed E-state index contributed by atoms with van der Waals surface area (Å²) in [5.74, 6) is 1.04. The maximum absolute atomic E-state index is 12.5. The fourth-order valence-electron chi connectivity index (χ4n) is 1.51. The average Bonchev–Trinajstić information content (AvgIpc) is 3.08. The number of ether oxygens (including phenoxy) is 1. The van der Waals surface area contributed by atoms with Gasteiger partial charge in [0.15, 0.2) is 0 Å². The van der Waals surface area contributed by atoms with Crippen molar-refractivity contribution in [2.45, 2.75) is 19.0 Å². The van der Waals surface area contributed by atoms with Gasteiger partial charge in [0.25, 0.3) is 0 Å². The van der Waals surface area contributed by atoms with E-state index in [-0.39, 0.29) is 0 Å². The zero-order valence-electron chi connectivity index (χ0n) is 9.26. The highest BCUT2D eigenvalue weighted by Crippen LogP contribution is 2.34. The van der Waals surface area contributed by atoms with Crippen molar-refractivity contribution in [2.75, 3.05) is 6.61 Å². The molecule has 0 atom stereocenters. The third-order valence-electron chi connectivity index (χ3n) is 2.73. The predicted octanol–water partition coefficient (Wildman–Crippen LogP) is 4.14. The van der Waals surface area contributed by atoms with Crippen LogP contribution < -0.4 is 4.74 Å². The third-order valence-corrected chi connectivity index (χ3v) is 2.73. The van der Waals surface area contributed by atoms with E-state index in [1.54, 1.807) is 0 Å². The molecule has 1 aromatic carbocycles. The molecule has 0 radical (unpaired) electrons. The molecule has 1 aliphatic rings. The van der Waals surface area contributed by atoms with Crippen molar-refractivity contribution in [1.29, 1.82) is 0 Å². The molecule has 0 aromatic heterocycles. The Kier molecular flexibility index (Phi) is 3.13. The van der Waals surface area contributed by atoms with Gasteiger partial charge in [0.05, 0.1) is 12.2 Å². The van der Waals surface area contributed by atoms with Gasteiger partial charge >= 0.3 is 6.18 Å². The molecule has 0 unspecified atom stereocenters. The first kappa shape index (κ1) is 12.0. The molecule has 1 fully saturated rings. The zero-order valence-corrected chi connectivity index (χ0v) is 9.26. The molecule has 2 rings (SSSR count). The molecule has 92 valence electrons. The van der Waals surface area contributed by atoms with Gasteiger partial charge in [-0.25, -0.2) is 0 Å². The van der Waals surface area contributed by atoms with Gasteiger partial charge < -0.3 is 4.74 Å². The van der Waals surface area contributed by atoms with Crippen molar-refractivity contribution < 1.29 is 17.9 Å². The lowest BCUT2D eigenvalue weighted by molar-refractivity contribution is -0.137. The first-order valence-electron chi connectivity index (χ1n) is 5.47. The molecular formula is C13H13F3O. The summed E-state index contributed by atoms with van der Waals surface area (Å²) in [6.07, 6.45) is -0.654. The lowest BCUT2D eigenvalue weighted by atomic mass is 10.1. The summed E-state index contributed by atoms with van der Waals surface area (Å²) in [6, 6.07) is 3.46. The average molecular weight is 242 g/mol. The molecule has 0 bridgehead atoms. The molecule has 0 N–H and O–H groups in total. The van der Waals surface area contributed by atoms with Crippen LogP contribution in [0.25, 0.3) is 6.08 Å². The molecule has 0 heterocycles. The van der Waals surface area contributed by atoms with E-state index in [1.165, 1.54) is 12.1 Å². The summed E-state index contributed by atoms with van der Waals surface area (Å²) >= 11 is 0. The second-order valence-corrected chi connectivity index (χ2v) is 4.21. The standard InChI is InChI=1S/C13H13F3O/c1-2-10-7-11(13(14,15)16)5-6-12(10)17-8-9-3-4-9/h2,5-7,9H,1,3-4,8H2. The molecular weight excluding hydrogens is 229 g/mol. The van der Waals surface area contributed by atoms with Crippen LogP contribution in [0, 0.1) is 5.92 Å². The molecule has 0 aliphatic heterocycles. The topological polar surface area (TPSA) is 9.23 Å². The van der Waals surface area contributed by atoms with E-state index in [9.17, 15) is 13.2 Å². The Balaban J connectivity index is 2.18. The van der Waals surface area contributed by atoms with Crippen LogP contribution in [-0.2, 0) is 6.18 Å². The summed E-state index contributed by atoms with van der Waals surface area (Å²) in [7, 11) is 0. The van der Waals surface area contributed by atoms with Crippen LogP contribution in [0.15, 0.2) is 24.8 Å². The van der Waals surface area contributed by atoms with Crippen molar-refractivity contribution in [2.24, 2.45) is 5.92 Å². The molecule has 17 heavy (non-hydrogen) atoms. The number of hydrogen-bond donors (Lipinski definition) is 0. The maximum atomic E-state index is 12.5. The fourth-order valence-corrected chi connectivity index (χ4v) is 1.51. The number of halogens is 3. The second kappa shape index (κ2) is 4.43. The Hall–Kier alpha value is -1.45. The van der Waals surface area contributed by atoms with Crippen molar-refractivity contribution in [3.63, 3.8) is 0 Å². The SMILES string of the molecule is C=Cc1cc(C(F)(F)F)ccc1OCC1CC1. The monoisotopic (exact) mass is 242 g/mol. The molecule has 0 amide bonds. The molecule has 1 nitrogen and oxygen atoms in total. The van der Waals surface area contributed by atoms with E-state index in [1.807, 2.05) is 0 Å². The molecule has 1 saturated carbocycles. The van der Waals surface area contributed by atoms with Crippen LogP contribution in [0.4, 0.5) is 13.2 Å². The smallest absolute Gasteiger partial charge is 0.416 e. The van der Waals surface area contributed by atoms with Gasteiger partial charge in [-0.15, -0.1) is 0 Å². The van der Waals surface area contributed by atoms with Gasteiger partial charge in [-0.05, 0) is 37.0 Å². The highest BCUT2D eigenvalue weighted by atomic mass is 19.4. The zero-order chi connectivity index (χ0) is 12.5. The first-order valence-corrected chi connectivity index (χ1v) is 5.47. The number of benzene rings is 1. The summed E-state index contributed by atoms with van der Waals surface area (Å²) in [5.41, 5.74) is -0.286. The van der Waals surface area contributed by atoms with Crippen molar-refractivity contribution in [3.05, 3.63) is 35.9 Å². The van der Waals surface area contributed by atoms with Crippen molar-refractivity contribution >= 4 is 6.08 Å². The lowest BCUT2D eigenvalue weighted by Gasteiger charge is -2.12. The first-order chi connectivity index (χ1) is 8.00. The van der Waals surface area contributed by atoms with E-state index >= 15 is 0 Å². The largest absolute Gasteiger partial charge is 0.493 e. The van der Waals surface area contributed by atoms with Crippen LogP contribution >= 0.6 is 0 Å². The van der Waals surface area contributed by atoms with Gasteiger partial charge in [-0.2, -0.15) is 13.2 Å². The van der Waals surface area contributed by atoms with E-state index in [0.717, 1.165) is 25.0 Å². The quantitative estimate of drug-likeness (QED) is 0.771. The van der Waals surface area contributed by atoms with E-state index in [0.29, 0.717) is 23.8 Å². The van der Waals surface area contributed by atoms with Crippen LogP contribution in [0.3, 0.4) is 0 Å². The Morgan fingerprint density at radius 3 is 2.59 bits per heavy atom. The maximum Gasteiger partial charge on any atom is 0.416 e. The van der Waals surface area contributed by atoms with Gasteiger partial charge in [-0.3, -0.25) is 0 Å². The third kappa shape index (κ3) is 3.02. The van der Waals surface area contributed by atoms with Gasteiger partial charge in [0.1, 0.15) is 5.75 Å². The lowest BCUT2D eigenvalue weighted by Crippen LogP contribution is -2.06. The Bertz CT molecular complexity index is 419. The van der Waals surface area contributed by atoms with E-state index < -0.39 is 11.7 Å². The Labute approximate surface area is 97.9 Å². The van der Waals surface area contributed by atoms with Crippen molar-refractivity contribution in [3.8, 4) is 5.75 Å².